The molecule has 1 saturated carbocycles. The van der Waals surface area contributed by atoms with E-state index in [1.165, 1.54) is 17.7 Å². The van der Waals surface area contributed by atoms with Crippen LogP contribution in [-0.2, 0) is 11.2 Å². The van der Waals surface area contributed by atoms with Crippen molar-refractivity contribution in [1.82, 2.24) is 0 Å². The quantitative estimate of drug-likeness (QED) is 0.898. The topological polar surface area (TPSA) is 38.5 Å². The summed E-state index contributed by atoms with van der Waals surface area (Å²) in [7, 11) is 3.99. The normalized spacial score (nSPS) is 26.5. The number of nitrogens with two attached hydrogens (primary N) is 1. The molecule has 2 rings (SSSR count). The summed E-state index contributed by atoms with van der Waals surface area (Å²) in [5, 5.41) is 0. The summed E-state index contributed by atoms with van der Waals surface area (Å²) < 4.78 is 5.59. The number of benzene rings is 1. The van der Waals surface area contributed by atoms with E-state index in [1.807, 2.05) is 7.11 Å². The zero-order valence-electron chi connectivity index (χ0n) is 13.1. The third-order valence-corrected chi connectivity index (χ3v) is 4.93. The molecule has 1 fully saturated rings. The molecule has 1 aliphatic carbocycles. The summed E-state index contributed by atoms with van der Waals surface area (Å²) in [6, 6.07) is 8.86. The third-order valence-electron chi connectivity index (χ3n) is 4.93. The first-order valence-electron chi connectivity index (χ1n) is 7.71. The molecule has 0 spiro atoms. The van der Waals surface area contributed by atoms with Crippen LogP contribution in [-0.4, -0.2) is 32.3 Å². The fourth-order valence-electron chi connectivity index (χ4n) is 3.34. The average Bonchev–Trinajstić information content (AvgIpc) is 2.54. The molecule has 0 saturated heterocycles. The largest absolute Gasteiger partial charge is 0.381 e. The minimum atomic E-state index is 0.0344. The van der Waals surface area contributed by atoms with Crippen LogP contribution in [0.5, 0.6) is 0 Å². The van der Waals surface area contributed by atoms with Crippen molar-refractivity contribution in [2.75, 3.05) is 25.6 Å². The van der Waals surface area contributed by atoms with Crippen molar-refractivity contribution in [3.63, 3.8) is 0 Å². The number of nitrogens with zero attached hydrogens (tertiary/aromatic N) is 1. The van der Waals surface area contributed by atoms with Gasteiger partial charge in [0.15, 0.2) is 0 Å². The van der Waals surface area contributed by atoms with Gasteiger partial charge in [-0.15, -0.1) is 0 Å². The van der Waals surface area contributed by atoms with Gasteiger partial charge < -0.3 is 15.4 Å². The SMILES string of the molecule is CCc1ccc(N(C)C2(CN)CCCC(OC)C2)cc1. The van der Waals surface area contributed by atoms with Crippen LogP contribution in [0.2, 0.25) is 0 Å². The van der Waals surface area contributed by atoms with Gasteiger partial charge in [-0.2, -0.15) is 0 Å². The molecule has 0 bridgehead atoms. The highest BCUT2D eigenvalue weighted by Gasteiger charge is 2.39. The molecule has 0 heterocycles. The summed E-state index contributed by atoms with van der Waals surface area (Å²) in [5.41, 5.74) is 8.82. The molecule has 1 aromatic rings. The minimum absolute atomic E-state index is 0.0344. The minimum Gasteiger partial charge on any atom is -0.381 e. The van der Waals surface area contributed by atoms with Gasteiger partial charge in [0.25, 0.3) is 0 Å². The van der Waals surface area contributed by atoms with E-state index in [0.717, 1.165) is 25.7 Å². The Morgan fingerprint density at radius 2 is 2.05 bits per heavy atom. The molecule has 1 aromatic carbocycles. The predicted octanol–water partition coefficient (Wildman–Crippen LogP) is 2.97. The number of rotatable bonds is 5. The lowest BCUT2D eigenvalue weighted by molar-refractivity contribution is 0.0423. The molecule has 3 heteroatoms. The fraction of sp³-hybridized carbons (Fsp3) is 0.647. The standard InChI is InChI=1S/C17H28N2O/c1-4-14-7-9-15(10-8-14)19(2)17(13-18)11-5-6-16(12-17)20-3/h7-10,16H,4-6,11-13,18H2,1-3H3. The first-order valence-corrected chi connectivity index (χ1v) is 7.71. The molecule has 1 aliphatic rings. The number of hydrogen-bond acceptors (Lipinski definition) is 3. The average molecular weight is 276 g/mol. The van der Waals surface area contributed by atoms with Gasteiger partial charge in [0, 0.05) is 26.4 Å². The van der Waals surface area contributed by atoms with Gasteiger partial charge in [0.05, 0.1) is 11.6 Å². The maximum absolute atomic E-state index is 6.15. The molecule has 112 valence electrons. The molecule has 0 radical (unpaired) electrons. The van der Waals surface area contributed by atoms with E-state index in [-0.39, 0.29) is 5.54 Å². The van der Waals surface area contributed by atoms with Gasteiger partial charge in [-0.25, -0.2) is 0 Å². The molecule has 20 heavy (non-hydrogen) atoms. The summed E-state index contributed by atoms with van der Waals surface area (Å²) in [5.74, 6) is 0. The molecular weight excluding hydrogens is 248 g/mol. The van der Waals surface area contributed by atoms with Crippen LogP contribution < -0.4 is 10.6 Å². The number of ether oxygens (including phenoxy) is 1. The maximum atomic E-state index is 6.15. The van der Waals surface area contributed by atoms with Crippen molar-refractivity contribution in [2.24, 2.45) is 5.73 Å². The van der Waals surface area contributed by atoms with Crippen LogP contribution in [0.4, 0.5) is 5.69 Å². The predicted molar refractivity (Wildman–Crippen MR) is 85.3 cm³/mol. The number of anilines is 1. The van der Waals surface area contributed by atoms with Gasteiger partial charge in [0.1, 0.15) is 0 Å². The van der Waals surface area contributed by atoms with E-state index in [9.17, 15) is 0 Å². The van der Waals surface area contributed by atoms with Gasteiger partial charge in [-0.1, -0.05) is 19.1 Å². The van der Waals surface area contributed by atoms with E-state index in [2.05, 4.69) is 43.1 Å². The second kappa shape index (κ2) is 6.59. The fourth-order valence-corrected chi connectivity index (χ4v) is 3.34. The second-order valence-electron chi connectivity index (χ2n) is 5.96. The Hall–Kier alpha value is -1.06. The van der Waals surface area contributed by atoms with Crippen molar-refractivity contribution in [3.05, 3.63) is 29.8 Å². The number of aryl methyl sites for hydroxylation is 1. The Balaban J connectivity index is 2.20. The Morgan fingerprint density at radius 1 is 1.35 bits per heavy atom. The van der Waals surface area contributed by atoms with Crippen LogP contribution in [0.3, 0.4) is 0 Å². The molecule has 0 aromatic heterocycles. The molecule has 0 aliphatic heterocycles. The van der Waals surface area contributed by atoms with E-state index in [4.69, 9.17) is 10.5 Å². The summed E-state index contributed by atoms with van der Waals surface area (Å²) >= 11 is 0. The van der Waals surface area contributed by atoms with Gasteiger partial charge in [-0.05, 0) is 49.8 Å². The van der Waals surface area contributed by atoms with Crippen molar-refractivity contribution >= 4 is 5.69 Å². The third kappa shape index (κ3) is 2.99. The van der Waals surface area contributed by atoms with E-state index >= 15 is 0 Å². The highest BCUT2D eigenvalue weighted by Crippen LogP contribution is 2.36. The number of methoxy groups -OCH3 is 1. The van der Waals surface area contributed by atoms with E-state index < -0.39 is 0 Å². The lowest BCUT2D eigenvalue weighted by Gasteiger charge is -2.47. The van der Waals surface area contributed by atoms with Crippen molar-refractivity contribution in [2.45, 2.75) is 50.7 Å². The van der Waals surface area contributed by atoms with Crippen LogP contribution >= 0.6 is 0 Å². The highest BCUT2D eigenvalue weighted by atomic mass is 16.5. The zero-order chi connectivity index (χ0) is 14.6. The summed E-state index contributed by atoms with van der Waals surface area (Å²) in [6.45, 7) is 2.86. The van der Waals surface area contributed by atoms with Crippen LogP contribution in [0.25, 0.3) is 0 Å². The van der Waals surface area contributed by atoms with Gasteiger partial charge in [0.2, 0.25) is 0 Å². The number of likely N-dealkylation sites (N-methyl/N-ethyl adjacent to an activating group) is 1. The Labute approximate surface area is 123 Å². The Bertz CT molecular complexity index is 418. The monoisotopic (exact) mass is 276 g/mol. The number of hydrogen-bond donors (Lipinski definition) is 1. The second-order valence-corrected chi connectivity index (χ2v) is 5.96. The lowest BCUT2D eigenvalue weighted by Crippen LogP contribution is -2.56. The van der Waals surface area contributed by atoms with E-state index in [1.54, 1.807) is 0 Å². The van der Waals surface area contributed by atoms with Crippen molar-refractivity contribution in [1.29, 1.82) is 0 Å². The first-order chi connectivity index (χ1) is 9.65. The van der Waals surface area contributed by atoms with Crippen LogP contribution in [0.1, 0.15) is 38.2 Å². The Kier molecular flexibility index (Phi) is 5.06. The zero-order valence-corrected chi connectivity index (χ0v) is 13.1. The molecule has 0 amide bonds. The van der Waals surface area contributed by atoms with Crippen LogP contribution in [0.15, 0.2) is 24.3 Å². The first kappa shape index (κ1) is 15.3. The highest BCUT2D eigenvalue weighted by molar-refractivity contribution is 5.50. The molecule has 2 unspecified atom stereocenters. The maximum Gasteiger partial charge on any atom is 0.0594 e. The van der Waals surface area contributed by atoms with Crippen molar-refractivity contribution < 1.29 is 4.74 Å². The molecular formula is C17H28N2O. The van der Waals surface area contributed by atoms with Gasteiger partial charge >= 0.3 is 0 Å². The van der Waals surface area contributed by atoms with Crippen LogP contribution in [0, 0.1) is 0 Å². The smallest absolute Gasteiger partial charge is 0.0594 e. The van der Waals surface area contributed by atoms with Gasteiger partial charge in [-0.3, -0.25) is 0 Å². The summed E-state index contributed by atoms with van der Waals surface area (Å²) in [4.78, 5) is 2.37. The van der Waals surface area contributed by atoms with E-state index in [0.29, 0.717) is 12.6 Å². The molecule has 3 nitrogen and oxygen atoms in total. The Morgan fingerprint density at radius 3 is 2.60 bits per heavy atom. The summed E-state index contributed by atoms with van der Waals surface area (Å²) in [6.07, 6.45) is 5.93. The molecule has 2 atom stereocenters. The van der Waals surface area contributed by atoms with Crippen molar-refractivity contribution in [3.8, 4) is 0 Å². The lowest BCUT2D eigenvalue weighted by atomic mass is 9.78. The molecule has 2 N–H and O–H groups in total.